The molecule has 0 aliphatic rings. The molecule has 4 aromatic rings. The summed E-state index contributed by atoms with van der Waals surface area (Å²) in [7, 11) is 1.59. The third-order valence-electron chi connectivity index (χ3n) is 5.88. The van der Waals surface area contributed by atoms with Gasteiger partial charge in [0.15, 0.2) is 0 Å². The maximum absolute atomic E-state index is 12.9. The van der Waals surface area contributed by atoms with E-state index in [2.05, 4.69) is 35.9 Å². The van der Waals surface area contributed by atoms with E-state index < -0.39 is 0 Å². The zero-order valence-corrected chi connectivity index (χ0v) is 20.1. The van der Waals surface area contributed by atoms with Crippen LogP contribution in [0.5, 0.6) is 11.5 Å². The van der Waals surface area contributed by atoms with Crippen molar-refractivity contribution in [2.45, 2.75) is 39.3 Å². The minimum Gasteiger partial charge on any atom is -0.497 e. The molecule has 1 heterocycles. The summed E-state index contributed by atoms with van der Waals surface area (Å²) in [6.07, 6.45) is 0. The van der Waals surface area contributed by atoms with E-state index in [4.69, 9.17) is 14.5 Å². The highest BCUT2D eigenvalue weighted by Gasteiger charge is 2.19. The van der Waals surface area contributed by atoms with Crippen molar-refractivity contribution in [2.24, 2.45) is 0 Å². The zero-order chi connectivity index (χ0) is 24.1. The number of rotatable bonds is 9. The van der Waals surface area contributed by atoms with Crippen LogP contribution < -0.4 is 14.8 Å². The number of aromatic nitrogens is 2. The summed E-state index contributed by atoms with van der Waals surface area (Å²) in [5, 5.41) is 3.07. The largest absolute Gasteiger partial charge is 0.497 e. The molecule has 1 amide bonds. The van der Waals surface area contributed by atoms with Crippen molar-refractivity contribution in [3.8, 4) is 11.5 Å². The minimum absolute atomic E-state index is 0.175. The van der Waals surface area contributed by atoms with Crippen LogP contribution in [-0.2, 0) is 6.54 Å². The number of hydrogen-bond acceptors (Lipinski definition) is 4. The third kappa shape index (κ3) is 5.22. The lowest BCUT2D eigenvalue weighted by atomic mass is 10.0. The molecule has 0 spiro atoms. The van der Waals surface area contributed by atoms with Gasteiger partial charge in [0.05, 0.1) is 30.7 Å². The number of imidazole rings is 1. The monoisotopic (exact) mass is 457 g/mol. The molecule has 0 aliphatic carbocycles. The van der Waals surface area contributed by atoms with E-state index in [0.29, 0.717) is 30.4 Å². The van der Waals surface area contributed by atoms with Crippen LogP contribution in [0.4, 0.5) is 0 Å². The fourth-order valence-electron chi connectivity index (χ4n) is 3.97. The van der Waals surface area contributed by atoms with E-state index in [1.165, 1.54) is 5.56 Å². The Kier molecular flexibility index (Phi) is 7.16. The highest BCUT2D eigenvalue weighted by Crippen LogP contribution is 2.23. The molecule has 1 atom stereocenters. The van der Waals surface area contributed by atoms with Gasteiger partial charge in [-0.3, -0.25) is 4.79 Å². The van der Waals surface area contributed by atoms with Crippen molar-refractivity contribution in [2.75, 3.05) is 13.7 Å². The topological polar surface area (TPSA) is 65.4 Å². The molecule has 0 saturated carbocycles. The summed E-state index contributed by atoms with van der Waals surface area (Å²) >= 11 is 0. The number of benzene rings is 3. The van der Waals surface area contributed by atoms with Gasteiger partial charge >= 0.3 is 0 Å². The molecular formula is C28H31N3O3. The minimum atomic E-state index is -0.295. The van der Waals surface area contributed by atoms with Crippen molar-refractivity contribution in [3.05, 3.63) is 89.7 Å². The zero-order valence-electron chi connectivity index (χ0n) is 20.1. The Balaban J connectivity index is 1.50. The number of hydrogen-bond donors (Lipinski definition) is 1. The van der Waals surface area contributed by atoms with E-state index in [9.17, 15) is 4.79 Å². The van der Waals surface area contributed by atoms with Crippen LogP contribution in [0.1, 0.15) is 54.5 Å². The molecule has 3 aromatic carbocycles. The van der Waals surface area contributed by atoms with Crippen LogP contribution >= 0.6 is 0 Å². The summed E-state index contributed by atoms with van der Waals surface area (Å²) < 4.78 is 13.4. The fourth-order valence-corrected chi connectivity index (χ4v) is 3.97. The molecule has 0 radical (unpaired) electrons. The van der Waals surface area contributed by atoms with Crippen LogP contribution in [-0.4, -0.2) is 29.2 Å². The van der Waals surface area contributed by atoms with Crippen LogP contribution in [0.2, 0.25) is 0 Å². The molecule has 0 aliphatic heterocycles. The molecule has 0 saturated heterocycles. The molecule has 176 valence electrons. The number of carbonyl (C=O) groups is 1. The van der Waals surface area contributed by atoms with E-state index in [0.717, 1.165) is 22.6 Å². The average molecular weight is 458 g/mol. The Labute approximate surface area is 200 Å². The molecule has 0 fully saturated rings. The van der Waals surface area contributed by atoms with Gasteiger partial charge in [-0.2, -0.15) is 0 Å². The molecule has 1 aromatic heterocycles. The van der Waals surface area contributed by atoms with Crippen LogP contribution in [0.25, 0.3) is 11.0 Å². The number of para-hydroxylation sites is 2. The summed E-state index contributed by atoms with van der Waals surface area (Å²) in [5.41, 5.74) is 3.73. The highest BCUT2D eigenvalue weighted by molar-refractivity contribution is 5.94. The van der Waals surface area contributed by atoms with Gasteiger partial charge in [-0.25, -0.2) is 4.98 Å². The lowest BCUT2D eigenvalue weighted by Crippen LogP contribution is -2.29. The Morgan fingerprint density at radius 2 is 1.74 bits per heavy atom. The first kappa shape index (κ1) is 23.4. The second-order valence-electron chi connectivity index (χ2n) is 8.61. The molecule has 1 unspecified atom stereocenters. The van der Waals surface area contributed by atoms with Crippen molar-refractivity contribution in [1.29, 1.82) is 0 Å². The molecule has 0 bridgehead atoms. The van der Waals surface area contributed by atoms with Crippen LogP contribution in [0.15, 0.2) is 72.8 Å². The van der Waals surface area contributed by atoms with Gasteiger partial charge in [0, 0.05) is 5.56 Å². The third-order valence-corrected chi connectivity index (χ3v) is 5.88. The second-order valence-corrected chi connectivity index (χ2v) is 8.61. The normalized spacial score (nSPS) is 12.0. The molecule has 4 rings (SSSR count). The van der Waals surface area contributed by atoms with Crippen molar-refractivity contribution in [1.82, 2.24) is 14.9 Å². The number of carbonyl (C=O) groups excluding carboxylic acids is 1. The summed E-state index contributed by atoms with van der Waals surface area (Å²) in [6, 6.07) is 23.0. The highest BCUT2D eigenvalue weighted by atomic mass is 16.5. The number of methoxy groups -OCH3 is 1. The summed E-state index contributed by atoms with van der Waals surface area (Å²) in [6.45, 7) is 7.40. The standard InChI is InChI=1S/C28H31N3O3/c1-19(2)21-12-14-23(15-13-21)34-17-16-31-26-11-6-5-10-25(26)30-27(31)20(3)29-28(32)22-8-7-9-24(18-22)33-4/h5-15,18-20H,16-17H2,1-4H3,(H,29,32). The van der Waals surface area contributed by atoms with Gasteiger partial charge in [-0.15, -0.1) is 0 Å². The number of amides is 1. The number of nitrogens with one attached hydrogen (secondary N) is 1. The molecule has 34 heavy (non-hydrogen) atoms. The van der Waals surface area contributed by atoms with E-state index >= 15 is 0 Å². The van der Waals surface area contributed by atoms with Gasteiger partial charge in [0.25, 0.3) is 5.91 Å². The molecule has 6 heteroatoms. The fraction of sp³-hybridized carbons (Fsp3) is 0.286. The Bertz CT molecular complexity index is 1260. The molecular weight excluding hydrogens is 426 g/mol. The first-order valence-electron chi connectivity index (χ1n) is 11.6. The lowest BCUT2D eigenvalue weighted by molar-refractivity contribution is 0.0937. The van der Waals surface area contributed by atoms with Crippen molar-refractivity contribution >= 4 is 16.9 Å². The van der Waals surface area contributed by atoms with Gasteiger partial charge < -0.3 is 19.4 Å². The van der Waals surface area contributed by atoms with Gasteiger partial charge in [-0.05, 0) is 60.9 Å². The van der Waals surface area contributed by atoms with Crippen molar-refractivity contribution in [3.63, 3.8) is 0 Å². The molecule has 6 nitrogen and oxygen atoms in total. The number of fused-ring (bicyclic) bond motifs is 1. The van der Waals surface area contributed by atoms with E-state index in [-0.39, 0.29) is 11.9 Å². The van der Waals surface area contributed by atoms with Crippen LogP contribution in [0.3, 0.4) is 0 Å². The van der Waals surface area contributed by atoms with Crippen molar-refractivity contribution < 1.29 is 14.3 Å². The van der Waals surface area contributed by atoms with E-state index in [1.54, 1.807) is 25.3 Å². The Morgan fingerprint density at radius 3 is 2.47 bits per heavy atom. The predicted molar refractivity (Wildman–Crippen MR) is 135 cm³/mol. The van der Waals surface area contributed by atoms with Crippen LogP contribution in [0, 0.1) is 0 Å². The SMILES string of the molecule is COc1cccc(C(=O)NC(C)c2nc3ccccc3n2CCOc2ccc(C(C)C)cc2)c1. The maximum atomic E-state index is 12.9. The Morgan fingerprint density at radius 1 is 0.971 bits per heavy atom. The Hall–Kier alpha value is -3.80. The second kappa shape index (κ2) is 10.4. The predicted octanol–water partition coefficient (Wildman–Crippen LogP) is 5.74. The molecule has 1 N–H and O–H groups in total. The van der Waals surface area contributed by atoms with Gasteiger partial charge in [0.2, 0.25) is 0 Å². The quantitative estimate of drug-likeness (QED) is 0.348. The van der Waals surface area contributed by atoms with E-state index in [1.807, 2.05) is 49.4 Å². The van der Waals surface area contributed by atoms with Gasteiger partial charge in [0.1, 0.15) is 23.9 Å². The number of ether oxygens (including phenoxy) is 2. The number of nitrogens with zero attached hydrogens (tertiary/aromatic N) is 2. The average Bonchev–Trinajstić information content (AvgIpc) is 3.23. The summed E-state index contributed by atoms with van der Waals surface area (Å²) in [4.78, 5) is 17.7. The lowest BCUT2D eigenvalue weighted by Gasteiger charge is -2.17. The first-order chi connectivity index (χ1) is 16.5. The smallest absolute Gasteiger partial charge is 0.251 e. The first-order valence-corrected chi connectivity index (χ1v) is 11.6. The summed E-state index contributed by atoms with van der Waals surface area (Å²) in [5.74, 6) is 2.59. The van der Waals surface area contributed by atoms with Gasteiger partial charge in [-0.1, -0.05) is 44.2 Å². The maximum Gasteiger partial charge on any atom is 0.251 e.